The molecule has 0 saturated carbocycles. The van der Waals surface area contributed by atoms with Crippen LogP contribution in [0.3, 0.4) is 0 Å². The quantitative estimate of drug-likeness (QED) is 0.391. The van der Waals surface area contributed by atoms with Crippen LogP contribution in [-0.4, -0.2) is 65.5 Å². The van der Waals surface area contributed by atoms with Crippen molar-refractivity contribution in [3.05, 3.63) is 17.2 Å². The molecule has 0 aliphatic carbocycles. The summed E-state index contributed by atoms with van der Waals surface area (Å²) in [7, 11) is 7.22. The van der Waals surface area contributed by atoms with Gasteiger partial charge in [-0.2, -0.15) is 0 Å². The van der Waals surface area contributed by atoms with E-state index >= 15 is 0 Å². The lowest BCUT2D eigenvalue weighted by Crippen LogP contribution is -2.41. The molecule has 1 aromatic rings. The largest absolute Gasteiger partial charge is 0.356 e. The van der Waals surface area contributed by atoms with Crippen LogP contribution in [0.5, 0.6) is 0 Å². The van der Waals surface area contributed by atoms with Crippen molar-refractivity contribution in [2.24, 2.45) is 18.0 Å². The standard InChI is InChI=1S/C15H27ClN6O.HI/c1-11(2)7-18-15(19-9-14(23)20(3)4)21(5)10-13-17-8-12(16)22(13)6;/h8,11H,7,9-10H2,1-6H3,(H,18,19);1H. The average molecular weight is 471 g/mol. The van der Waals surface area contributed by atoms with Crippen LogP contribution < -0.4 is 5.32 Å². The number of imidazole rings is 1. The third-order valence-corrected chi connectivity index (χ3v) is 3.65. The highest BCUT2D eigenvalue weighted by Gasteiger charge is 2.13. The number of amides is 1. The van der Waals surface area contributed by atoms with Crippen molar-refractivity contribution in [1.29, 1.82) is 0 Å². The highest BCUT2D eigenvalue weighted by molar-refractivity contribution is 14.0. The fourth-order valence-corrected chi connectivity index (χ4v) is 1.90. The van der Waals surface area contributed by atoms with E-state index < -0.39 is 0 Å². The first-order chi connectivity index (χ1) is 10.7. The Morgan fingerprint density at radius 2 is 2.04 bits per heavy atom. The van der Waals surface area contributed by atoms with Gasteiger partial charge in [-0.25, -0.2) is 9.98 Å². The number of carbonyl (C=O) groups is 1. The summed E-state index contributed by atoms with van der Waals surface area (Å²) in [6.45, 7) is 5.67. The van der Waals surface area contributed by atoms with Gasteiger partial charge in [0, 0.05) is 34.7 Å². The predicted octanol–water partition coefficient (Wildman–Crippen LogP) is 1.81. The monoisotopic (exact) mass is 470 g/mol. The Kier molecular flexibility index (Phi) is 10.3. The maximum absolute atomic E-state index is 11.8. The smallest absolute Gasteiger partial charge is 0.243 e. The third-order valence-electron chi connectivity index (χ3n) is 3.30. The van der Waals surface area contributed by atoms with Gasteiger partial charge < -0.3 is 19.7 Å². The van der Waals surface area contributed by atoms with Gasteiger partial charge in [0.1, 0.15) is 17.5 Å². The number of nitrogens with one attached hydrogen (secondary N) is 1. The molecule has 1 rings (SSSR count). The van der Waals surface area contributed by atoms with Crippen molar-refractivity contribution in [3.63, 3.8) is 0 Å². The minimum Gasteiger partial charge on any atom is -0.356 e. The summed E-state index contributed by atoms with van der Waals surface area (Å²) >= 11 is 6.02. The first kappa shape index (κ1) is 23.0. The molecule has 0 aliphatic heterocycles. The molecular weight excluding hydrogens is 443 g/mol. The number of nitrogens with zero attached hydrogens (tertiary/aromatic N) is 5. The minimum absolute atomic E-state index is 0. The molecule has 9 heteroatoms. The van der Waals surface area contributed by atoms with Gasteiger partial charge in [0.15, 0.2) is 5.96 Å². The number of likely N-dealkylation sites (N-methyl/N-ethyl adjacent to an activating group) is 1. The van der Waals surface area contributed by atoms with Crippen LogP contribution in [0.1, 0.15) is 19.7 Å². The molecule has 1 heterocycles. The van der Waals surface area contributed by atoms with E-state index in [1.54, 1.807) is 20.3 Å². The van der Waals surface area contributed by atoms with Gasteiger partial charge in [0.25, 0.3) is 0 Å². The maximum atomic E-state index is 11.8. The summed E-state index contributed by atoms with van der Waals surface area (Å²) in [5, 5.41) is 3.88. The molecule has 138 valence electrons. The van der Waals surface area contributed by atoms with Crippen LogP contribution in [-0.2, 0) is 18.4 Å². The lowest BCUT2D eigenvalue weighted by molar-refractivity contribution is -0.127. The zero-order valence-corrected chi connectivity index (χ0v) is 18.3. The molecule has 0 bridgehead atoms. The van der Waals surface area contributed by atoms with Crippen molar-refractivity contribution in [2.45, 2.75) is 20.4 Å². The molecule has 24 heavy (non-hydrogen) atoms. The zero-order chi connectivity index (χ0) is 17.6. The lowest BCUT2D eigenvalue weighted by atomic mass is 10.2. The molecule has 1 aromatic heterocycles. The zero-order valence-electron chi connectivity index (χ0n) is 15.2. The molecule has 1 N–H and O–H groups in total. The molecule has 0 aliphatic rings. The number of aromatic nitrogens is 2. The van der Waals surface area contributed by atoms with E-state index in [4.69, 9.17) is 11.6 Å². The van der Waals surface area contributed by atoms with E-state index in [1.807, 2.05) is 23.6 Å². The second kappa shape index (κ2) is 10.8. The van der Waals surface area contributed by atoms with E-state index in [2.05, 4.69) is 29.1 Å². The Balaban J connectivity index is 0.00000529. The lowest BCUT2D eigenvalue weighted by Gasteiger charge is -2.23. The summed E-state index contributed by atoms with van der Waals surface area (Å²) in [4.78, 5) is 23.9. The maximum Gasteiger partial charge on any atom is 0.243 e. The minimum atomic E-state index is -0.0396. The topological polar surface area (TPSA) is 65.8 Å². The fraction of sp³-hybridized carbons (Fsp3) is 0.667. The van der Waals surface area contributed by atoms with Gasteiger partial charge in [0.2, 0.25) is 5.91 Å². The van der Waals surface area contributed by atoms with Gasteiger partial charge in [-0.3, -0.25) is 4.79 Å². The number of rotatable bonds is 6. The van der Waals surface area contributed by atoms with E-state index in [1.165, 1.54) is 4.90 Å². The molecule has 1 amide bonds. The highest BCUT2D eigenvalue weighted by atomic mass is 127. The molecule has 0 radical (unpaired) electrons. The van der Waals surface area contributed by atoms with Crippen molar-refractivity contribution >= 4 is 47.4 Å². The van der Waals surface area contributed by atoms with Crippen molar-refractivity contribution in [3.8, 4) is 0 Å². The summed E-state index contributed by atoms with van der Waals surface area (Å²) in [6, 6.07) is 0. The Hall–Kier alpha value is -1.03. The summed E-state index contributed by atoms with van der Waals surface area (Å²) in [5.74, 6) is 1.94. The number of hydrogen-bond donors (Lipinski definition) is 1. The van der Waals surface area contributed by atoms with Gasteiger partial charge in [-0.15, -0.1) is 24.0 Å². The Bertz CT molecular complexity index is 558. The Morgan fingerprint density at radius 1 is 1.42 bits per heavy atom. The molecule has 0 aromatic carbocycles. The van der Waals surface area contributed by atoms with E-state index in [0.717, 1.165) is 12.4 Å². The molecule has 0 spiro atoms. The SMILES string of the molecule is CC(C)CNC(=NCC(=O)N(C)C)N(C)Cc1ncc(Cl)n1C.I. The normalized spacial score (nSPS) is 11.2. The third kappa shape index (κ3) is 7.25. The van der Waals surface area contributed by atoms with E-state index in [-0.39, 0.29) is 36.4 Å². The second-order valence-corrected chi connectivity index (χ2v) is 6.50. The van der Waals surface area contributed by atoms with Gasteiger partial charge >= 0.3 is 0 Å². The van der Waals surface area contributed by atoms with Crippen LogP contribution >= 0.6 is 35.6 Å². The summed E-state index contributed by atoms with van der Waals surface area (Å²) in [6.07, 6.45) is 1.62. The highest BCUT2D eigenvalue weighted by Crippen LogP contribution is 2.10. The number of hydrogen-bond acceptors (Lipinski definition) is 3. The number of halogens is 2. The first-order valence-electron chi connectivity index (χ1n) is 7.58. The van der Waals surface area contributed by atoms with Crippen LogP contribution in [0, 0.1) is 5.92 Å². The fourth-order valence-electron chi connectivity index (χ4n) is 1.75. The van der Waals surface area contributed by atoms with Crippen LogP contribution in [0.25, 0.3) is 0 Å². The first-order valence-corrected chi connectivity index (χ1v) is 7.95. The number of carbonyl (C=O) groups excluding carboxylic acids is 1. The van der Waals surface area contributed by atoms with Gasteiger partial charge in [0.05, 0.1) is 12.7 Å². The summed E-state index contributed by atoms with van der Waals surface area (Å²) < 4.78 is 1.82. The number of aliphatic imine (C=N–C) groups is 1. The van der Waals surface area contributed by atoms with Crippen LogP contribution in [0.2, 0.25) is 5.15 Å². The molecule has 0 unspecified atom stereocenters. The summed E-state index contributed by atoms with van der Waals surface area (Å²) in [5.41, 5.74) is 0. The van der Waals surface area contributed by atoms with E-state index in [0.29, 0.717) is 23.6 Å². The second-order valence-electron chi connectivity index (χ2n) is 6.11. The van der Waals surface area contributed by atoms with Crippen molar-refractivity contribution < 1.29 is 4.79 Å². The molecular formula is C15H28ClIN6O. The molecule has 7 nitrogen and oxygen atoms in total. The van der Waals surface area contributed by atoms with Gasteiger partial charge in [-0.1, -0.05) is 25.4 Å². The van der Waals surface area contributed by atoms with Crippen LogP contribution in [0.15, 0.2) is 11.2 Å². The average Bonchev–Trinajstić information content (AvgIpc) is 2.78. The number of guanidine groups is 1. The van der Waals surface area contributed by atoms with Crippen molar-refractivity contribution in [2.75, 3.05) is 34.2 Å². The molecule has 0 saturated heterocycles. The van der Waals surface area contributed by atoms with E-state index in [9.17, 15) is 4.79 Å². The Labute approximate surface area is 166 Å². The van der Waals surface area contributed by atoms with Gasteiger partial charge in [-0.05, 0) is 5.92 Å². The predicted molar refractivity (Wildman–Crippen MR) is 109 cm³/mol. The van der Waals surface area contributed by atoms with Crippen LogP contribution in [0.4, 0.5) is 0 Å². The Morgan fingerprint density at radius 3 is 2.50 bits per heavy atom. The molecule has 0 atom stereocenters. The molecule has 0 fully saturated rings. The van der Waals surface area contributed by atoms with Crippen molar-refractivity contribution in [1.82, 2.24) is 24.7 Å².